The Morgan fingerprint density at radius 1 is 1.17 bits per heavy atom. The molecular weight excluding hydrogens is 372 g/mol. The SMILES string of the molecule is O=C(O)CC[C@@H]1CN(Cc2noc(-c3ccccc3)n2)CC[C@@H]1N1CCOCC1. The van der Waals surface area contributed by atoms with Gasteiger partial charge in [-0.3, -0.25) is 14.6 Å². The van der Waals surface area contributed by atoms with Gasteiger partial charge in [0.15, 0.2) is 5.82 Å². The highest BCUT2D eigenvalue weighted by Crippen LogP contribution is 2.28. The predicted molar refractivity (Wildman–Crippen MR) is 106 cm³/mol. The number of piperidine rings is 1. The number of hydrogen-bond donors (Lipinski definition) is 1. The average molecular weight is 400 g/mol. The molecule has 0 bridgehead atoms. The normalized spacial score (nSPS) is 23.9. The van der Waals surface area contributed by atoms with Gasteiger partial charge in [0.05, 0.1) is 19.8 Å². The van der Waals surface area contributed by atoms with Crippen LogP contribution in [0, 0.1) is 5.92 Å². The summed E-state index contributed by atoms with van der Waals surface area (Å²) in [5, 5.41) is 13.3. The molecule has 0 spiro atoms. The van der Waals surface area contributed by atoms with Crippen LogP contribution in [0.5, 0.6) is 0 Å². The van der Waals surface area contributed by atoms with E-state index in [1.807, 2.05) is 30.3 Å². The molecule has 29 heavy (non-hydrogen) atoms. The fourth-order valence-electron chi connectivity index (χ4n) is 4.44. The molecule has 8 nitrogen and oxygen atoms in total. The molecule has 0 unspecified atom stereocenters. The summed E-state index contributed by atoms with van der Waals surface area (Å²) in [6.07, 6.45) is 1.92. The van der Waals surface area contributed by atoms with E-state index < -0.39 is 5.97 Å². The Bertz CT molecular complexity index is 791. The van der Waals surface area contributed by atoms with Crippen molar-refractivity contribution in [3.05, 3.63) is 36.2 Å². The molecule has 2 saturated heterocycles. The third kappa shape index (κ3) is 5.20. The minimum Gasteiger partial charge on any atom is -0.481 e. The lowest BCUT2D eigenvalue weighted by atomic mass is 9.86. The number of carbonyl (C=O) groups is 1. The van der Waals surface area contributed by atoms with Crippen LogP contribution in [0.4, 0.5) is 0 Å². The van der Waals surface area contributed by atoms with Crippen molar-refractivity contribution in [2.75, 3.05) is 39.4 Å². The van der Waals surface area contributed by atoms with Gasteiger partial charge >= 0.3 is 5.97 Å². The van der Waals surface area contributed by atoms with Crippen molar-refractivity contribution >= 4 is 5.97 Å². The van der Waals surface area contributed by atoms with Crippen molar-refractivity contribution in [3.63, 3.8) is 0 Å². The smallest absolute Gasteiger partial charge is 0.303 e. The molecule has 2 aliphatic heterocycles. The van der Waals surface area contributed by atoms with E-state index in [1.54, 1.807) is 0 Å². The summed E-state index contributed by atoms with van der Waals surface area (Å²) in [4.78, 5) is 20.5. The van der Waals surface area contributed by atoms with Crippen LogP contribution < -0.4 is 0 Å². The molecule has 2 fully saturated rings. The molecule has 0 amide bonds. The standard InChI is InChI=1S/C21H28N4O4/c26-20(27)7-6-17-14-24(9-8-18(17)25-10-12-28-13-11-25)15-19-22-21(29-23-19)16-4-2-1-3-5-16/h1-5,17-18H,6-15H2,(H,26,27)/t17-,18+/m1/s1. The van der Waals surface area contributed by atoms with Crippen LogP contribution in [-0.4, -0.2) is 76.5 Å². The molecule has 2 atom stereocenters. The Morgan fingerprint density at radius 3 is 2.72 bits per heavy atom. The first-order valence-corrected chi connectivity index (χ1v) is 10.3. The zero-order valence-electron chi connectivity index (χ0n) is 16.6. The number of ether oxygens (including phenoxy) is 1. The van der Waals surface area contributed by atoms with E-state index >= 15 is 0 Å². The third-order valence-electron chi connectivity index (χ3n) is 5.88. The molecule has 1 N–H and O–H groups in total. The number of carboxylic acids is 1. The summed E-state index contributed by atoms with van der Waals surface area (Å²) in [5.74, 6) is 0.795. The molecule has 1 aromatic heterocycles. The van der Waals surface area contributed by atoms with E-state index in [0.29, 0.717) is 36.6 Å². The number of carboxylic acid groups (broad SMARTS) is 1. The molecular formula is C21H28N4O4. The van der Waals surface area contributed by atoms with Crippen LogP contribution in [-0.2, 0) is 16.1 Å². The Kier molecular flexibility index (Phi) is 6.53. The van der Waals surface area contributed by atoms with Crippen molar-refractivity contribution in [2.24, 2.45) is 5.92 Å². The number of hydrogen-bond acceptors (Lipinski definition) is 7. The van der Waals surface area contributed by atoms with Crippen LogP contribution in [0.3, 0.4) is 0 Å². The van der Waals surface area contributed by atoms with Gasteiger partial charge in [0.2, 0.25) is 0 Å². The van der Waals surface area contributed by atoms with Crippen LogP contribution in [0.25, 0.3) is 11.5 Å². The van der Waals surface area contributed by atoms with Gasteiger partial charge < -0.3 is 14.4 Å². The number of rotatable bonds is 7. The minimum atomic E-state index is -0.728. The number of benzene rings is 1. The van der Waals surface area contributed by atoms with E-state index in [1.165, 1.54) is 0 Å². The number of likely N-dealkylation sites (tertiary alicyclic amines) is 1. The van der Waals surface area contributed by atoms with E-state index in [4.69, 9.17) is 9.26 Å². The van der Waals surface area contributed by atoms with E-state index in [2.05, 4.69) is 19.9 Å². The molecule has 2 aliphatic rings. The summed E-state index contributed by atoms with van der Waals surface area (Å²) < 4.78 is 10.9. The first kappa shape index (κ1) is 20.0. The maximum absolute atomic E-state index is 11.2. The molecule has 8 heteroatoms. The van der Waals surface area contributed by atoms with Gasteiger partial charge in [0.1, 0.15) is 0 Å². The molecule has 0 aliphatic carbocycles. The van der Waals surface area contributed by atoms with Crippen molar-refractivity contribution < 1.29 is 19.2 Å². The van der Waals surface area contributed by atoms with Crippen molar-refractivity contribution in [2.45, 2.75) is 31.8 Å². The van der Waals surface area contributed by atoms with Gasteiger partial charge in [-0.25, -0.2) is 0 Å². The summed E-state index contributed by atoms with van der Waals surface area (Å²) in [7, 11) is 0. The van der Waals surface area contributed by atoms with Crippen LogP contribution >= 0.6 is 0 Å². The van der Waals surface area contributed by atoms with Crippen LogP contribution in [0.1, 0.15) is 25.1 Å². The molecule has 0 saturated carbocycles. The van der Waals surface area contributed by atoms with Crippen molar-refractivity contribution in [1.29, 1.82) is 0 Å². The highest BCUT2D eigenvalue weighted by Gasteiger charge is 2.34. The fourth-order valence-corrected chi connectivity index (χ4v) is 4.44. The highest BCUT2D eigenvalue weighted by molar-refractivity contribution is 5.66. The number of aliphatic carboxylic acids is 1. The Hall–Kier alpha value is -2.29. The lowest BCUT2D eigenvalue weighted by Crippen LogP contribution is -2.53. The van der Waals surface area contributed by atoms with Gasteiger partial charge in [-0.2, -0.15) is 4.98 Å². The quantitative estimate of drug-likeness (QED) is 0.756. The summed E-state index contributed by atoms with van der Waals surface area (Å²) >= 11 is 0. The van der Waals surface area contributed by atoms with E-state index in [9.17, 15) is 9.90 Å². The highest BCUT2D eigenvalue weighted by atomic mass is 16.5. The maximum Gasteiger partial charge on any atom is 0.303 e. The van der Waals surface area contributed by atoms with Gasteiger partial charge in [0, 0.05) is 44.2 Å². The zero-order valence-corrected chi connectivity index (χ0v) is 16.6. The first-order chi connectivity index (χ1) is 14.2. The van der Waals surface area contributed by atoms with E-state index in [0.717, 1.165) is 51.4 Å². The number of nitrogens with zero attached hydrogens (tertiary/aromatic N) is 4. The van der Waals surface area contributed by atoms with Gasteiger partial charge in [0.25, 0.3) is 5.89 Å². The van der Waals surface area contributed by atoms with Gasteiger partial charge in [-0.1, -0.05) is 23.4 Å². The number of morpholine rings is 1. The lowest BCUT2D eigenvalue weighted by Gasteiger charge is -2.45. The zero-order chi connectivity index (χ0) is 20.1. The number of aromatic nitrogens is 2. The van der Waals surface area contributed by atoms with Crippen LogP contribution in [0.15, 0.2) is 34.9 Å². The second-order valence-corrected chi connectivity index (χ2v) is 7.81. The monoisotopic (exact) mass is 400 g/mol. The Morgan fingerprint density at radius 2 is 1.97 bits per heavy atom. The average Bonchev–Trinajstić information content (AvgIpc) is 3.22. The van der Waals surface area contributed by atoms with E-state index in [-0.39, 0.29) is 6.42 Å². The predicted octanol–water partition coefficient (Wildman–Crippen LogP) is 2.12. The molecule has 2 aromatic rings. The topological polar surface area (TPSA) is 91.9 Å². The van der Waals surface area contributed by atoms with Gasteiger partial charge in [-0.05, 0) is 30.9 Å². The first-order valence-electron chi connectivity index (χ1n) is 10.3. The molecule has 4 rings (SSSR count). The summed E-state index contributed by atoms with van der Waals surface area (Å²) in [5.41, 5.74) is 0.914. The third-order valence-corrected chi connectivity index (χ3v) is 5.88. The lowest BCUT2D eigenvalue weighted by molar-refractivity contribution is -0.137. The Balaban J connectivity index is 1.40. The van der Waals surface area contributed by atoms with Crippen molar-refractivity contribution in [3.8, 4) is 11.5 Å². The summed E-state index contributed by atoms with van der Waals surface area (Å²) in [6.45, 7) is 5.80. The fraction of sp³-hybridized carbons (Fsp3) is 0.571. The molecule has 156 valence electrons. The second-order valence-electron chi connectivity index (χ2n) is 7.81. The second kappa shape index (κ2) is 9.47. The van der Waals surface area contributed by atoms with Gasteiger partial charge in [-0.15, -0.1) is 0 Å². The molecule has 3 heterocycles. The molecule has 1 aromatic carbocycles. The minimum absolute atomic E-state index is 0.208. The maximum atomic E-state index is 11.2. The van der Waals surface area contributed by atoms with Crippen LogP contribution in [0.2, 0.25) is 0 Å². The Labute approximate surface area is 170 Å². The van der Waals surface area contributed by atoms with Crippen molar-refractivity contribution in [1.82, 2.24) is 19.9 Å². The largest absolute Gasteiger partial charge is 0.481 e. The summed E-state index contributed by atoms with van der Waals surface area (Å²) in [6, 6.07) is 10.2. The molecule has 0 radical (unpaired) electrons.